The topological polar surface area (TPSA) is 97.0 Å². The van der Waals surface area contributed by atoms with Gasteiger partial charge < -0.3 is 14.6 Å². The number of carbonyl (C=O) groups excluding carboxylic acids is 1. The molecule has 0 saturated carbocycles. The van der Waals surface area contributed by atoms with Crippen LogP contribution in [0.5, 0.6) is 0 Å². The van der Waals surface area contributed by atoms with Crippen molar-refractivity contribution >= 4 is 28.1 Å². The van der Waals surface area contributed by atoms with Gasteiger partial charge in [0.25, 0.3) is 0 Å². The summed E-state index contributed by atoms with van der Waals surface area (Å²) in [6.45, 7) is 7.48. The molecule has 1 aliphatic rings. The molecular formula is C22H28N6O2S. The number of nitrogens with zero attached hydrogens (tertiary/aromatic N) is 5. The second kappa shape index (κ2) is 9.55. The van der Waals surface area contributed by atoms with Gasteiger partial charge in [-0.1, -0.05) is 13.8 Å². The van der Waals surface area contributed by atoms with Crippen molar-refractivity contribution in [2.45, 2.75) is 58.3 Å². The third-order valence-corrected chi connectivity index (χ3v) is 6.07. The van der Waals surface area contributed by atoms with Crippen molar-refractivity contribution in [1.29, 1.82) is 0 Å². The Hall–Kier alpha value is -2.81. The van der Waals surface area contributed by atoms with E-state index in [4.69, 9.17) is 9.40 Å². The van der Waals surface area contributed by atoms with Gasteiger partial charge in [0, 0.05) is 66.4 Å². The van der Waals surface area contributed by atoms with E-state index in [1.807, 2.05) is 37.1 Å². The predicted octanol–water partition coefficient (Wildman–Crippen LogP) is 4.44. The van der Waals surface area contributed by atoms with Crippen molar-refractivity contribution in [3.8, 4) is 0 Å². The zero-order chi connectivity index (χ0) is 21.8. The highest BCUT2D eigenvalue weighted by molar-refractivity contribution is 7.13. The van der Waals surface area contributed by atoms with Crippen molar-refractivity contribution in [3.63, 3.8) is 0 Å². The summed E-state index contributed by atoms with van der Waals surface area (Å²) in [6.07, 6.45) is 4.64. The SMILES string of the molecule is Cc1cc(Nc2nccs2)cc([C@@H]2CCCN(C(=O)CCc3nnc(C(C)C)o3)C2)n1. The second-order valence-electron chi connectivity index (χ2n) is 8.25. The first kappa shape index (κ1) is 21.4. The van der Waals surface area contributed by atoms with Crippen molar-refractivity contribution in [1.82, 2.24) is 25.1 Å². The fourth-order valence-corrected chi connectivity index (χ4v) is 4.35. The lowest BCUT2D eigenvalue weighted by atomic mass is 9.93. The third kappa shape index (κ3) is 5.46. The zero-order valence-electron chi connectivity index (χ0n) is 18.2. The number of pyridine rings is 1. The third-order valence-electron chi connectivity index (χ3n) is 5.38. The molecule has 0 spiro atoms. The van der Waals surface area contributed by atoms with E-state index in [0.717, 1.165) is 41.6 Å². The van der Waals surface area contributed by atoms with Gasteiger partial charge in [0.1, 0.15) is 0 Å². The molecule has 3 aromatic heterocycles. The Kier molecular flexibility index (Phi) is 6.60. The Morgan fingerprint density at radius 3 is 2.97 bits per heavy atom. The maximum Gasteiger partial charge on any atom is 0.223 e. The van der Waals surface area contributed by atoms with E-state index in [1.54, 1.807) is 17.5 Å². The fraction of sp³-hybridized carbons (Fsp3) is 0.500. The number of piperidine rings is 1. The number of aryl methyl sites for hydroxylation is 2. The van der Waals surface area contributed by atoms with Crippen LogP contribution in [0, 0.1) is 6.92 Å². The number of likely N-dealkylation sites (tertiary alicyclic amines) is 1. The Balaban J connectivity index is 1.38. The van der Waals surface area contributed by atoms with Crippen LogP contribution in [-0.4, -0.2) is 44.1 Å². The van der Waals surface area contributed by atoms with Gasteiger partial charge in [-0.15, -0.1) is 21.5 Å². The molecule has 0 aromatic carbocycles. The molecule has 1 aliphatic heterocycles. The Morgan fingerprint density at radius 2 is 2.23 bits per heavy atom. The van der Waals surface area contributed by atoms with Crippen molar-refractivity contribution < 1.29 is 9.21 Å². The number of anilines is 2. The average molecular weight is 441 g/mol. The minimum absolute atomic E-state index is 0.128. The lowest BCUT2D eigenvalue weighted by Gasteiger charge is -2.32. The molecule has 4 heterocycles. The molecule has 9 heteroatoms. The molecule has 3 aromatic rings. The molecule has 4 rings (SSSR count). The molecule has 0 bridgehead atoms. The van der Waals surface area contributed by atoms with E-state index in [-0.39, 0.29) is 17.7 Å². The van der Waals surface area contributed by atoms with Gasteiger partial charge in [-0.2, -0.15) is 0 Å². The molecular weight excluding hydrogens is 412 g/mol. The summed E-state index contributed by atoms with van der Waals surface area (Å²) in [6, 6.07) is 4.10. The number of hydrogen-bond acceptors (Lipinski definition) is 8. The van der Waals surface area contributed by atoms with Gasteiger partial charge in [-0.3, -0.25) is 9.78 Å². The van der Waals surface area contributed by atoms with Gasteiger partial charge in [-0.05, 0) is 31.9 Å². The van der Waals surface area contributed by atoms with Crippen LogP contribution in [-0.2, 0) is 11.2 Å². The van der Waals surface area contributed by atoms with E-state index >= 15 is 0 Å². The van der Waals surface area contributed by atoms with Crippen LogP contribution < -0.4 is 5.32 Å². The molecule has 1 saturated heterocycles. The largest absolute Gasteiger partial charge is 0.425 e. The molecule has 1 amide bonds. The predicted molar refractivity (Wildman–Crippen MR) is 120 cm³/mol. The average Bonchev–Trinajstić information content (AvgIpc) is 3.44. The smallest absolute Gasteiger partial charge is 0.223 e. The quantitative estimate of drug-likeness (QED) is 0.580. The summed E-state index contributed by atoms with van der Waals surface area (Å²) in [5.74, 6) is 1.70. The first-order valence-electron chi connectivity index (χ1n) is 10.7. The number of aromatic nitrogens is 4. The van der Waals surface area contributed by atoms with Gasteiger partial charge in [0.15, 0.2) is 5.13 Å². The Morgan fingerprint density at radius 1 is 1.35 bits per heavy atom. The van der Waals surface area contributed by atoms with E-state index in [1.165, 1.54) is 0 Å². The van der Waals surface area contributed by atoms with E-state index in [9.17, 15) is 4.79 Å². The molecule has 0 radical (unpaired) electrons. The van der Waals surface area contributed by atoms with E-state index in [0.29, 0.717) is 31.2 Å². The van der Waals surface area contributed by atoms with Crippen molar-refractivity contribution in [3.05, 3.63) is 46.9 Å². The zero-order valence-corrected chi connectivity index (χ0v) is 19.0. The highest BCUT2D eigenvalue weighted by Gasteiger charge is 2.26. The molecule has 1 fully saturated rings. The lowest BCUT2D eigenvalue weighted by molar-refractivity contribution is -0.132. The Bertz CT molecular complexity index is 1020. The van der Waals surface area contributed by atoms with Gasteiger partial charge >= 0.3 is 0 Å². The normalized spacial score (nSPS) is 16.6. The van der Waals surface area contributed by atoms with Crippen LogP contribution in [0.15, 0.2) is 28.1 Å². The number of carbonyl (C=O) groups is 1. The fourth-order valence-electron chi connectivity index (χ4n) is 3.80. The van der Waals surface area contributed by atoms with Crippen LogP contribution in [0.2, 0.25) is 0 Å². The number of amides is 1. The minimum Gasteiger partial charge on any atom is -0.425 e. The molecule has 31 heavy (non-hydrogen) atoms. The van der Waals surface area contributed by atoms with Gasteiger partial charge in [0.2, 0.25) is 17.7 Å². The molecule has 0 aliphatic carbocycles. The molecule has 8 nitrogen and oxygen atoms in total. The summed E-state index contributed by atoms with van der Waals surface area (Å²) < 4.78 is 5.63. The van der Waals surface area contributed by atoms with Gasteiger partial charge in [-0.25, -0.2) is 4.98 Å². The highest BCUT2D eigenvalue weighted by Crippen LogP contribution is 2.29. The monoisotopic (exact) mass is 440 g/mol. The number of thiazole rings is 1. The standard InChI is InChI=1S/C22H28N6O2S/c1-14(2)21-27-26-19(30-21)6-7-20(29)28-9-4-5-16(13-28)18-12-17(11-15(3)24-18)25-22-23-8-10-31-22/h8,10-12,14,16H,4-7,9,13H2,1-3H3,(H,23,24,25)/t16-/m1/s1. The van der Waals surface area contributed by atoms with Crippen molar-refractivity contribution in [2.24, 2.45) is 0 Å². The number of hydrogen-bond donors (Lipinski definition) is 1. The lowest BCUT2D eigenvalue weighted by Crippen LogP contribution is -2.39. The van der Waals surface area contributed by atoms with E-state index < -0.39 is 0 Å². The minimum atomic E-state index is 0.128. The van der Waals surface area contributed by atoms with Crippen LogP contribution >= 0.6 is 11.3 Å². The summed E-state index contributed by atoms with van der Waals surface area (Å²) >= 11 is 1.56. The summed E-state index contributed by atoms with van der Waals surface area (Å²) in [4.78, 5) is 23.8. The first-order valence-corrected chi connectivity index (χ1v) is 11.6. The molecule has 164 valence electrons. The molecule has 1 N–H and O–H groups in total. The van der Waals surface area contributed by atoms with Crippen LogP contribution in [0.25, 0.3) is 0 Å². The van der Waals surface area contributed by atoms with Gasteiger partial charge in [0.05, 0.1) is 0 Å². The second-order valence-corrected chi connectivity index (χ2v) is 9.15. The van der Waals surface area contributed by atoms with Crippen molar-refractivity contribution in [2.75, 3.05) is 18.4 Å². The molecule has 1 atom stereocenters. The molecule has 0 unspecified atom stereocenters. The maximum absolute atomic E-state index is 12.8. The van der Waals surface area contributed by atoms with Crippen LogP contribution in [0.4, 0.5) is 10.8 Å². The summed E-state index contributed by atoms with van der Waals surface area (Å²) in [5.41, 5.74) is 2.96. The Labute approximate surface area is 186 Å². The summed E-state index contributed by atoms with van der Waals surface area (Å²) in [7, 11) is 0. The van der Waals surface area contributed by atoms with Crippen LogP contribution in [0.3, 0.4) is 0 Å². The first-order chi connectivity index (χ1) is 15.0. The van der Waals surface area contributed by atoms with E-state index in [2.05, 4.69) is 26.6 Å². The van der Waals surface area contributed by atoms with Crippen LogP contribution in [0.1, 0.15) is 68.1 Å². The maximum atomic E-state index is 12.8. The number of rotatable bonds is 7. The number of nitrogens with one attached hydrogen (secondary N) is 1. The highest BCUT2D eigenvalue weighted by atomic mass is 32.1. The summed E-state index contributed by atoms with van der Waals surface area (Å²) in [5, 5.41) is 14.3.